The highest BCUT2D eigenvalue weighted by Crippen LogP contribution is 2.27. The molecule has 108 valence electrons. The van der Waals surface area contributed by atoms with Gasteiger partial charge in [0, 0.05) is 16.6 Å². The number of nitrogens with one attached hydrogen (secondary N) is 1. The molecule has 1 aromatic carbocycles. The number of hydrogen-bond donors (Lipinski definition) is 2. The van der Waals surface area contributed by atoms with Crippen molar-refractivity contribution in [1.82, 2.24) is 0 Å². The number of rotatable bonds is 4. The SMILES string of the molecule is CCC1OCCC1C(=O)Nc1cc(Br)ccc1C(N)=S. The second-order valence-electron chi connectivity index (χ2n) is 4.76. The molecule has 6 heteroatoms. The van der Waals surface area contributed by atoms with E-state index in [0.29, 0.717) is 17.9 Å². The van der Waals surface area contributed by atoms with Crippen LogP contribution in [0.15, 0.2) is 22.7 Å². The Balaban J connectivity index is 2.19. The molecule has 0 aliphatic carbocycles. The van der Waals surface area contributed by atoms with Gasteiger partial charge in [-0.25, -0.2) is 0 Å². The number of benzene rings is 1. The molecule has 0 bridgehead atoms. The van der Waals surface area contributed by atoms with E-state index >= 15 is 0 Å². The van der Waals surface area contributed by atoms with Gasteiger partial charge in [0.15, 0.2) is 0 Å². The van der Waals surface area contributed by atoms with Crippen LogP contribution in [0.4, 0.5) is 5.69 Å². The molecule has 1 aliphatic heterocycles. The number of carbonyl (C=O) groups is 1. The summed E-state index contributed by atoms with van der Waals surface area (Å²) in [5, 5.41) is 2.92. The van der Waals surface area contributed by atoms with Gasteiger partial charge in [0.1, 0.15) is 4.99 Å². The summed E-state index contributed by atoms with van der Waals surface area (Å²) < 4.78 is 6.42. The van der Waals surface area contributed by atoms with Crippen LogP contribution in [0.1, 0.15) is 25.3 Å². The highest BCUT2D eigenvalue weighted by Gasteiger charge is 2.33. The minimum absolute atomic E-state index is 0.00423. The zero-order valence-corrected chi connectivity index (χ0v) is 13.6. The molecule has 0 radical (unpaired) electrons. The summed E-state index contributed by atoms with van der Waals surface area (Å²) in [7, 11) is 0. The Morgan fingerprint density at radius 3 is 3.00 bits per heavy atom. The third-order valence-electron chi connectivity index (χ3n) is 3.45. The minimum Gasteiger partial charge on any atom is -0.389 e. The number of carbonyl (C=O) groups excluding carboxylic acids is 1. The van der Waals surface area contributed by atoms with Crippen molar-refractivity contribution in [1.29, 1.82) is 0 Å². The van der Waals surface area contributed by atoms with Crippen LogP contribution in [0.5, 0.6) is 0 Å². The van der Waals surface area contributed by atoms with E-state index < -0.39 is 0 Å². The van der Waals surface area contributed by atoms with Gasteiger partial charge < -0.3 is 15.8 Å². The van der Waals surface area contributed by atoms with Crippen LogP contribution in [0, 0.1) is 5.92 Å². The van der Waals surface area contributed by atoms with E-state index in [1.807, 2.05) is 19.1 Å². The van der Waals surface area contributed by atoms with Crippen molar-refractivity contribution in [2.24, 2.45) is 11.7 Å². The quantitative estimate of drug-likeness (QED) is 0.814. The zero-order valence-electron chi connectivity index (χ0n) is 11.2. The van der Waals surface area contributed by atoms with Crippen LogP contribution in [0.2, 0.25) is 0 Å². The number of ether oxygens (including phenoxy) is 1. The minimum atomic E-state index is -0.113. The molecule has 4 nitrogen and oxygen atoms in total. The number of hydrogen-bond acceptors (Lipinski definition) is 3. The fraction of sp³-hybridized carbons (Fsp3) is 0.429. The van der Waals surface area contributed by atoms with Crippen molar-refractivity contribution in [3.63, 3.8) is 0 Å². The maximum Gasteiger partial charge on any atom is 0.230 e. The monoisotopic (exact) mass is 356 g/mol. The number of thiocarbonyl (C=S) groups is 1. The van der Waals surface area contributed by atoms with Crippen molar-refractivity contribution in [2.45, 2.75) is 25.9 Å². The molecule has 2 rings (SSSR count). The normalized spacial score (nSPS) is 21.7. The van der Waals surface area contributed by atoms with Gasteiger partial charge in [-0.3, -0.25) is 4.79 Å². The molecule has 1 aromatic rings. The standard InChI is InChI=1S/C14H17BrN2O2S/c1-2-12-10(5-6-19-12)14(18)17-11-7-8(15)3-4-9(11)13(16)20/h3-4,7,10,12H,2,5-6H2,1H3,(H2,16,20)(H,17,18). The molecule has 2 unspecified atom stereocenters. The highest BCUT2D eigenvalue weighted by atomic mass is 79.9. The van der Waals surface area contributed by atoms with Crippen molar-refractivity contribution in [2.75, 3.05) is 11.9 Å². The molecule has 3 N–H and O–H groups in total. The van der Waals surface area contributed by atoms with Crippen LogP contribution < -0.4 is 11.1 Å². The molecule has 1 heterocycles. The molecule has 1 saturated heterocycles. The van der Waals surface area contributed by atoms with Crippen molar-refractivity contribution in [3.8, 4) is 0 Å². The average Bonchev–Trinajstić information content (AvgIpc) is 2.86. The van der Waals surface area contributed by atoms with Gasteiger partial charge in [0.05, 0.1) is 17.7 Å². The topological polar surface area (TPSA) is 64.3 Å². The van der Waals surface area contributed by atoms with E-state index in [4.69, 9.17) is 22.7 Å². The Labute approximate surface area is 132 Å². The molecule has 1 amide bonds. The summed E-state index contributed by atoms with van der Waals surface area (Å²) in [5.74, 6) is -0.150. The summed E-state index contributed by atoms with van der Waals surface area (Å²) in [6.45, 7) is 2.66. The van der Waals surface area contributed by atoms with Gasteiger partial charge in [0.2, 0.25) is 5.91 Å². The third kappa shape index (κ3) is 3.37. The zero-order chi connectivity index (χ0) is 14.7. The lowest BCUT2D eigenvalue weighted by molar-refractivity contribution is -0.121. The van der Waals surface area contributed by atoms with Gasteiger partial charge in [-0.05, 0) is 31.0 Å². The van der Waals surface area contributed by atoms with Gasteiger partial charge in [0.25, 0.3) is 0 Å². The maximum absolute atomic E-state index is 12.4. The predicted octanol–water partition coefficient (Wildman–Crippen LogP) is 2.84. The first-order chi connectivity index (χ1) is 9.52. The van der Waals surface area contributed by atoms with Gasteiger partial charge >= 0.3 is 0 Å². The molecular weight excluding hydrogens is 340 g/mol. The second kappa shape index (κ2) is 6.65. The Morgan fingerprint density at radius 1 is 1.60 bits per heavy atom. The molecule has 2 atom stereocenters. The summed E-state index contributed by atoms with van der Waals surface area (Å²) in [4.78, 5) is 12.6. The molecule has 0 saturated carbocycles. The number of nitrogens with two attached hydrogens (primary N) is 1. The number of amides is 1. The Hall–Kier alpha value is -0.980. The van der Waals surface area contributed by atoms with Gasteiger partial charge in [-0.1, -0.05) is 35.1 Å². The lowest BCUT2D eigenvalue weighted by Gasteiger charge is -2.18. The van der Waals surface area contributed by atoms with E-state index in [1.165, 1.54) is 0 Å². The molecular formula is C14H17BrN2O2S. The first kappa shape index (κ1) is 15.4. The second-order valence-corrected chi connectivity index (χ2v) is 6.11. The van der Waals surface area contributed by atoms with Crippen LogP contribution in [0.3, 0.4) is 0 Å². The average molecular weight is 357 g/mol. The van der Waals surface area contributed by atoms with E-state index in [-0.39, 0.29) is 22.9 Å². The van der Waals surface area contributed by atoms with Crippen LogP contribution in [-0.2, 0) is 9.53 Å². The highest BCUT2D eigenvalue weighted by molar-refractivity contribution is 9.10. The lowest BCUT2D eigenvalue weighted by Crippen LogP contribution is -2.30. The Morgan fingerprint density at radius 2 is 2.35 bits per heavy atom. The summed E-state index contributed by atoms with van der Waals surface area (Å²) in [5.41, 5.74) is 6.99. The van der Waals surface area contributed by atoms with Crippen LogP contribution in [0.25, 0.3) is 0 Å². The predicted molar refractivity (Wildman–Crippen MR) is 86.8 cm³/mol. The maximum atomic E-state index is 12.4. The first-order valence-electron chi connectivity index (χ1n) is 6.54. The van der Waals surface area contributed by atoms with Gasteiger partial charge in [-0.15, -0.1) is 0 Å². The number of halogens is 1. The third-order valence-corrected chi connectivity index (χ3v) is 4.17. The van der Waals surface area contributed by atoms with Crippen LogP contribution >= 0.6 is 28.1 Å². The van der Waals surface area contributed by atoms with E-state index in [1.54, 1.807) is 6.07 Å². The van der Waals surface area contributed by atoms with Crippen molar-refractivity contribution in [3.05, 3.63) is 28.2 Å². The summed E-state index contributed by atoms with van der Waals surface area (Å²) in [6.07, 6.45) is 1.58. The molecule has 1 fully saturated rings. The molecule has 20 heavy (non-hydrogen) atoms. The van der Waals surface area contributed by atoms with E-state index in [0.717, 1.165) is 17.3 Å². The van der Waals surface area contributed by atoms with Crippen molar-refractivity contribution < 1.29 is 9.53 Å². The molecule has 0 spiro atoms. The summed E-state index contributed by atoms with van der Waals surface area (Å²) >= 11 is 8.40. The first-order valence-corrected chi connectivity index (χ1v) is 7.75. The number of anilines is 1. The lowest BCUT2D eigenvalue weighted by atomic mass is 9.98. The van der Waals surface area contributed by atoms with Crippen molar-refractivity contribution >= 4 is 44.7 Å². The smallest absolute Gasteiger partial charge is 0.230 e. The largest absolute Gasteiger partial charge is 0.389 e. The fourth-order valence-electron chi connectivity index (χ4n) is 2.41. The van der Waals surface area contributed by atoms with E-state index in [9.17, 15) is 4.79 Å². The Kier molecular flexibility index (Phi) is 5.12. The summed E-state index contributed by atoms with van der Waals surface area (Å²) in [6, 6.07) is 5.45. The molecule has 1 aliphatic rings. The van der Waals surface area contributed by atoms with Gasteiger partial charge in [-0.2, -0.15) is 0 Å². The van der Waals surface area contributed by atoms with Crippen LogP contribution in [-0.4, -0.2) is 23.6 Å². The Bertz CT molecular complexity index is 536. The van der Waals surface area contributed by atoms with E-state index in [2.05, 4.69) is 21.2 Å². The fourth-order valence-corrected chi connectivity index (χ4v) is 2.95. The molecule has 0 aromatic heterocycles.